The molecule has 0 spiro atoms. The molecule has 0 atom stereocenters. The van der Waals surface area contributed by atoms with Crippen LogP contribution in [0.5, 0.6) is 0 Å². The molecule has 0 aliphatic carbocycles. The minimum atomic E-state index is -0.172. The number of anilines is 2. The molecule has 2 heterocycles. The second kappa shape index (κ2) is 4.65. The SMILES string of the molecule is CN(C=O)c1ccc2c(c1)C(=Cc1c[nH]cn1)C(=O)N2. The third-order valence-corrected chi connectivity index (χ3v) is 3.16. The molecule has 2 aromatic rings. The van der Waals surface area contributed by atoms with Crippen molar-refractivity contribution in [2.24, 2.45) is 0 Å². The zero-order valence-electron chi connectivity index (χ0n) is 10.8. The molecule has 1 aliphatic rings. The maximum Gasteiger partial charge on any atom is 0.256 e. The van der Waals surface area contributed by atoms with Gasteiger partial charge in [-0.3, -0.25) is 9.59 Å². The van der Waals surface area contributed by atoms with Crippen molar-refractivity contribution in [3.8, 4) is 0 Å². The van der Waals surface area contributed by atoms with E-state index in [1.165, 1.54) is 4.90 Å². The zero-order valence-corrected chi connectivity index (χ0v) is 10.8. The monoisotopic (exact) mass is 268 g/mol. The Morgan fingerprint density at radius 3 is 2.90 bits per heavy atom. The molecule has 0 saturated heterocycles. The van der Waals surface area contributed by atoms with Gasteiger partial charge in [0, 0.05) is 30.2 Å². The van der Waals surface area contributed by atoms with Gasteiger partial charge in [0.15, 0.2) is 0 Å². The molecule has 20 heavy (non-hydrogen) atoms. The van der Waals surface area contributed by atoms with E-state index < -0.39 is 0 Å². The predicted octanol–water partition coefficient (Wildman–Crippen LogP) is 1.49. The van der Waals surface area contributed by atoms with Crippen molar-refractivity contribution in [3.05, 3.63) is 42.0 Å². The van der Waals surface area contributed by atoms with Gasteiger partial charge < -0.3 is 15.2 Å². The van der Waals surface area contributed by atoms with E-state index in [1.54, 1.807) is 43.8 Å². The second-order valence-electron chi connectivity index (χ2n) is 4.45. The van der Waals surface area contributed by atoms with Gasteiger partial charge in [-0.2, -0.15) is 0 Å². The maximum atomic E-state index is 12.0. The lowest BCUT2D eigenvalue weighted by Crippen LogP contribution is -2.13. The van der Waals surface area contributed by atoms with Crippen molar-refractivity contribution in [1.29, 1.82) is 0 Å². The Hall–Kier alpha value is -2.89. The summed E-state index contributed by atoms with van der Waals surface area (Å²) in [6, 6.07) is 5.37. The highest BCUT2D eigenvalue weighted by Crippen LogP contribution is 2.35. The molecule has 0 unspecified atom stereocenters. The predicted molar refractivity (Wildman–Crippen MR) is 76.0 cm³/mol. The van der Waals surface area contributed by atoms with Crippen LogP contribution in [0, 0.1) is 0 Å². The Balaban J connectivity index is 2.08. The normalized spacial score (nSPS) is 15.1. The summed E-state index contributed by atoms with van der Waals surface area (Å²) in [5, 5.41) is 2.79. The van der Waals surface area contributed by atoms with Crippen LogP contribution in [0.3, 0.4) is 0 Å². The highest BCUT2D eigenvalue weighted by atomic mass is 16.2. The van der Waals surface area contributed by atoms with Crippen molar-refractivity contribution in [3.63, 3.8) is 0 Å². The summed E-state index contributed by atoms with van der Waals surface area (Å²) >= 11 is 0. The Kier molecular flexibility index (Phi) is 2.83. The summed E-state index contributed by atoms with van der Waals surface area (Å²) in [5.74, 6) is -0.172. The van der Waals surface area contributed by atoms with Crippen LogP contribution < -0.4 is 10.2 Å². The standard InChI is InChI=1S/C14H12N4O2/c1-18(8-19)10-2-3-13-11(5-10)12(14(20)17-13)4-9-6-15-7-16-9/h2-8H,1H3,(H,15,16)(H,17,20). The van der Waals surface area contributed by atoms with Gasteiger partial charge in [0.25, 0.3) is 5.91 Å². The molecule has 2 amide bonds. The number of amides is 2. The fourth-order valence-corrected chi connectivity index (χ4v) is 2.10. The van der Waals surface area contributed by atoms with E-state index >= 15 is 0 Å². The molecule has 100 valence electrons. The minimum absolute atomic E-state index is 0.172. The van der Waals surface area contributed by atoms with Crippen LogP contribution in [-0.4, -0.2) is 29.3 Å². The number of aromatic amines is 1. The Bertz CT molecular complexity index is 704. The molecular weight excluding hydrogens is 256 g/mol. The molecule has 2 N–H and O–H groups in total. The van der Waals surface area contributed by atoms with Crippen molar-refractivity contribution < 1.29 is 9.59 Å². The average Bonchev–Trinajstić information content (AvgIpc) is 3.07. The zero-order chi connectivity index (χ0) is 14.1. The quantitative estimate of drug-likeness (QED) is 0.654. The van der Waals surface area contributed by atoms with Crippen LogP contribution in [0.15, 0.2) is 30.7 Å². The first-order valence-electron chi connectivity index (χ1n) is 6.03. The topological polar surface area (TPSA) is 78.1 Å². The van der Waals surface area contributed by atoms with E-state index in [2.05, 4.69) is 15.3 Å². The van der Waals surface area contributed by atoms with Gasteiger partial charge in [-0.15, -0.1) is 0 Å². The lowest BCUT2D eigenvalue weighted by Gasteiger charge is -2.11. The summed E-state index contributed by atoms with van der Waals surface area (Å²) in [6.45, 7) is 0. The number of nitrogens with zero attached hydrogens (tertiary/aromatic N) is 2. The van der Waals surface area contributed by atoms with Gasteiger partial charge in [-0.25, -0.2) is 4.98 Å². The third kappa shape index (κ3) is 1.97. The summed E-state index contributed by atoms with van der Waals surface area (Å²) in [4.78, 5) is 31.2. The van der Waals surface area contributed by atoms with E-state index in [9.17, 15) is 9.59 Å². The van der Waals surface area contributed by atoms with Crippen molar-refractivity contribution in [1.82, 2.24) is 9.97 Å². The minimum Gasteiger partial charge on any atom is -0.351 e. The summed E-state index contributed by atoms with van der Waals surface area (Å²) < 4.78 is 0. The van der Waals surface area contributed by atoms with Crippen LogP contribution in [0.2, 0.25) is 0 Å². The van der Waals surface area contributed by atoms with Gasteiger partial charge in [0.2, 0.25) is 6.41 Å². The number of benzene rings is 1. The van der Waals surface area contributed by atoms with Crippen molar-refractivity contribution >= 4 is 35.3 Å². The lowest BCUT2D eigenvalue weighted by atomic mass is 10.1. The second-order valence-corrected chi connectivity index (χ2v) is 4.45. The number of carbonyl (C=O) groups is 2. The number of imidazole rings is 1. The first-order chi connectivity index (χ1) is 9.69. The number of hydrogen-bond acceptors (Lipinski definition) is 3. The summed E-state index contributed by atoms with van der Waals surface area (Å²) in [6.07, 6.45) is 5.70. The lowest BCUT2D eigenvalue weighted by molar-refractivity contribution is -0.110. The first kappa shape index (κ1) is 12.2. The molecule has 1 aromatic heterocycles. The van der Waals surface area contributed by atoms with Crippen LogP contribution in [-0.2, 0) is 9.59 Å². The van der Waals surface area contributed by atoms with E-state index in [-0.39, 0.29) is 5.91 Å². The number of H-pyrrole nitrogens is 1. The molecule has 1 aromatic carbocycles. The number of carbonyl (C=O) groups excluding carboxylic acids is 2. The van der Waals surface area contributed by atoms with Crippen molar-refractivity contribution in [2.45, 2.75) is 0 Å². The van der Waals surface area contributed by atoms with E-state index in [1.807, 2.05) is 0 Å². The first-order valence-corrected chi connectivity index (χ1v) is 6.03. The van der Waals surface area contributed by atoms with Crippen molar-refractivity contribution in [2.75, 3.05) is 17.3 Å². The van der Waals surface area contributed by atoms with Crippen LogP contribution in [0.25, 0.3) is 11.6 Å². The molecule has 0 radical (unpaired) electrons. The maximum absolute atomic E-state index is 12.0. The van der Waals surface area contributed by atoms with Crippen LogP contribution in [0.1, 0.15) is 11.3 Å². The number of rotatable bonds is 3. The highest BCUT2D eigenvalue weighted by molar-refractivity contribution is 6.35. The van der Waals surface area contributed by atoms with Crippen LogP contribution >= 0.6 is 0 Å². The Labute approximate surface area is 115 Å². The Morgan fingerprint density at radius 1 is 1.35 bits per heavy atom. The number of nitrogens with one attached hydrogen (secondary N) is 2. The molecule has 6 heteroatoms. The highest BCUT2D eigenvalue weighted by Gasteiger charge is 2.24. The summed E-state index contributed by atoms with van der Waals surface area (Å²) in [7, 11) is 1.66. The molecular formula is C14H12N4O2. The molecule has 0 saturated carbocycles. The van der Waals surface area contributed by atoms with Gasteiger partial charge >= 0.3 is 0 Å². The summed E-state index contributed by atoms with van der Waals surface area (Å²) in [5.41, 5.74) is 3.44. The van der Waals surface area contributed by atoms with Gasteiger partial charge in [0.05, 0.1) is 17.6 Å². The van der Waals surface area contributed by atoms with Gasteiger partial charge in [-0.1, -0.05) is 0 Å². The molecule has 0 bridgehead atoms. The largest absolute Gasteiger partial charge is 0.351 e. The van der Waals surface area contributed by atoms with E-state index in [0.29, 0.717) is 11.3 Å². The average molecular weight is 268 g/mol. The van der Waals surface area contributed by atoms with Crippen LogP contribution in [0.4, 0.5) is 11.4 Å². The smallest absolute Gasteiger partial charge is 0.256 e. The number of fused-ring (bicyclic) bond motifs is 1. The number of aromatic nitrogens is 2. The molecule has 0 fully saturated rings. The number of hydrogen-bond donors (Lipinski definition) is 2. The third-order valence-electron chi connectivity index (χ3n) is 3.16. The molecule has 1 aliphatic heterocycles. The van der Waals surface area contributed by atoms with Gasteiger partial charge in [-0.05, 0) is 24.3 Å². The Morgan fingerprint density at radius 2 is 2.20 bits per heavy atom. The van der Waals surface area contributed by atoms with E-state index in [4.69, 9.17) is 0 Å². The molecule has 6 nitrogen and oxygen atoms in total. The van der Waals surface area contributed by atoms with E-state index in [0.717, 1.165) is 23.3 Å². The van der Waals surface area contributed by atoms with Gasteiger partial charge in [0.1, 0.15) is 0 Å². The molecule has 3 rings (SSSR count). The fourth-order valence-electron chi connectivity index (χ4n) is 2.10. The fraction of sp³-hybridized carbons (Fsp3) is 0.0714.